The topological polar surface area (TPSA) is 97.2 Å². The molecule has 0 bridgehead atoms. The van der Waals surface area contributed by atoms with Crippen LogP contribution < -0.4 is 14.9 Å². The van der Waals surface area contributed by atoms with Gasteiger partial charge in [0.05, 0.1) is 11.8 Å². The van der Waals surface area contributed by atoms with E-state index in [1.54, 1.807) is 55.5 Å². The maximum Gasteiger partial charge on any atom is 0.341 e. The van der Waals surface area contributed by atoms with Crippen LogP contribution in [-0.2, 0) is 4.79 Å². The lowest BCUT2D eigenvalue weighted by molar-refractivity contribution is -0.139. The van der Waals surface area contributed by atoms with Crippen LogP contribution in [0.2, 0.25) is 0 Å². The maximum absolute atomic E-state index is 12.2. The van der Waals surface area contributed by atoms with Gasteiger partial charge >= 0.3 is 5.97 Å². The van der Waals surface area contributed by atoms with Gasteiger partial charge in [-0.3, -0.25) is 4.79 Å². The minimum atomic E-state index is -1.04. The molecule has 0 spiro atoms. The molecule has 2 rings (SSSR count). The van der Waals surface area contributed by atoms with Gasteiger partial charge in [0, 0.05) is 5.56 Å². The molecule has 0 aliphatic carbocycles. The summed E-state index contributed by atoms with van der Waals surface area (Å²) >= 11 is 0. The lowest BCUT2D eigenvalue weighted by Gasteiger charge is -2.09. The first-order chi connectivity index (χ1) is 12.8. The molecule has 0 aliphatic rings. The van der Waals surface area contributed by atoms with Crippen molar-refractivity contribution in [2.45, 2.75) is 26.9 Å². The summed E-state index contributed by atoms with van der Waals surface area (Å²) in [6.45, 7) is 5.22. The van der Waals surface area contributed by atoms with E-state index < -0.39 is 12.6 Å². The SMILES string of the molecule is C/C(=N/NC(=O)c1ccc(OC(C)C)cc1)c1ccc(OCC(=O)O)cc1. The zero-order valence-corrected chi connectivity index (χ0v) is 15.4. The van der Waals surface area contributed by atoms with Crippen molar-refractivity contribution in [1.82, 2.24) is 5.43 Å². The lowest BCUT2D eigenvalue weighted by Crippen LogP contribution is -2.19. The minimum Gasteiger partial charge on any atom is -0.491 e. The fourth-order valence-electron chi connectivity index (χ4n) is 2.16. The van der Waals surface area contributed by atoms with Crippen molar-refractivity contribution >= 4 is 17.6 Å². The fourth-order valence-corrected chi connectivity index (χ4v) is 2.16. The summed E-state index contributed by atoms with van der Waals surface area (Å²) in [5, 5.41) is 12.7. The summed E-state index contributed by atoms with van der Waals surface area (Å²) in [7, 11) is 0. The van der Waals surface area contributed by atoms with E-state index in [2.05, 4.69) is 10.5 Å². The molecule has 0 radical (unpaired) electrons. The minimum absolute atomic E-state index is 0.0674. The van der Waals surface area contributed by atoms with Gasteiger partial charge in [-0.1, -0.05) is 0 Å². The van der Waals surface area contributed by atoms with Crippen molar-refractivity contribution in [2.75, 3.05) is 6.61 Å². The van der Waals surface area contributed by atoms with Crippen molar-refractivity contribution in [3.8, 4) is 11.5 Å². The molecule has 27 heavy (non-hydrogen) atoms. The zero-order chi connectivity index (χ0) is 19.8. The Morgan fingerprint density at radius 2 is 1.56 bits per heavy atom. The number of carboxylic acids is 1. The van der Waals surface area contributed by atoms with Crippen LogP contribution in [0.1, 0.15) is 36.7 Å². The number of aliphatic carboxylic acids is 1. The quantitative estimate of drug-likeness (QED) is 0.550. The average Bonchev–Trinajstić information content (AvgIpc) is 2.64. The molecular formula is C20H22N2O5. The number of hydrogen-bond donors (Lipinski definition) is 2. The molecule has 0 saturated heterocycles. The van der Waals surface area contributed by atoms with E-state index in [1.165, 1.54) is 0 Å². The zero-order valence-electron chi connectivity index (χ0n) is 15.4. The number of benzene rings is 2. The molecule has 0 atom stereocenters. The van der Waals surface area contributed by atoms with Gasteiger partial charge in [-0.25, -0.2) is 10.2 Å². The highest BCUT2D eigenvalue weighted by Gasteiger charge is 2.07. The molecule has 1 amide bonds. The van der Waals surface area contributed by atoms with E-state index in [1.807, 2.05) is 13.8 Å². The van der Waals surface area contributed by atoms with Crippen molar-refractivity contribution in [3.05, 3.63) is 59.7 Å². The van der Waals surface area contributed by atoms with E-state index in [0.29, 0.717) is 22.8 Å². The van der Waals surface area contributed by atoms with Gasteiger partial charge in [-0.2, -0.15) is 5.10 Å². The average molecular weight is 370 g/mol. The number of hydrazone groups is 1. The largest absolute Gasteiger partial charge is 0.491 e. The van der Waals surface area contributed by atoms with Crippen molar-refractivity contribution in [2.24, 2.45) is 5.10 Å². The van der Waals surface area contributed by atoms with E-state index >= 15 is 0 Å². The fraction of sp³-hybridized carbons (Fsp3) is 0.250. The predicted molar refractivity (Wildman–Crippen MR) is 101 cm³/mol. The Labute approximate surface area is 157 Å². The maximum atomic E-state index is 12.2. The number of carbonyl (C=O) groups excluding carboxylic acids is 1. The summed E-state index contributed by atoms with van der Waals surface area (Å²) in [5.41, 5.74) is 4.36. The number of ether oxygens (including phenoxy) is 2. The summed E-state index contributed by atoms with van der Waals surface area (Å²) in [4.78, 5) is 22.7. The molecule has 2 aromatic carbocycles. The third-order valence-corrected chi connectivity index (χ3v) is 3.45. The highest BCUT2D eigenvalue weighted by Crippen LogP contribution is 2.14. The van der Waals surface area contributed by atoms with E-state index in [-0.39, 0.29) is 12.0 Å². The number of carboxylic acid groups (broad SMARTS) is 1. The molecule has 7 heteroatoms. The summed E-state index contributed by atoms with van der Waals surface area (Å²) in [6, 6.07) is 13.6. The lowest BCUT2D eigenvalue weighted by atomic mass is 10.1. The van der Waals surface area contributed by atoms with Crippen LogP contribution in [0, 0.1) is 0 Å². The van der Waals surface area contributed by atoms with Crippen molar-refractivity contribution < 1.29 is 24.2 Å². The standard InChI is InChI=1S/C20H22N2O5/c1-13(2)27-18-10-6-16(7-11-18)20(25)22-21-14(3)15-4-8-17(9-5-15)26-12-19(23)24/h4-11,13H,12H2,1-3H3,(H,22,25)(H,23,24)/b21-14-. The Balaban J connectivity index is 1.95. The molecule has 2 aromatic rings. The van der Waals surface area contributed by atoms with Crippen LogP contribution in [0.3, 0.4) is 0 Å². The summed E-state index contributed by atoms with van der Waals surface area (Å²) in [6.07, 6.45) is 0.0674. The van der Waals surface area contributed by atoms with Gasteiger partial charge in [0.25, 0.3) is 5.91 Å². The van der Waals surface area contributed by atoms with Gasteiger partial charge in [-0.15, -0.1) is 0 Å². The second-order valence-corrected chi connectivity index (χ2v) is 6.04. The molecule has 0 saturated carbocycles. The second kappa shape index (κ2) is 9.38. The van der Waals surface area contributed by atoms with Crippen LogP contribution in [0.25, 0.3) is 0 Å². The monoisotopic (exact) mass is 370 g/mol. The van der Waals surface area contributed by atoms with Gasteiger partial charge in [0.1, 0.15) is 11.5 Å². The highest BCUT2D eigenvalue weighted by atomic mass is 16.5. The van der Waals surface area contributed by atoms with Crippen molar-refractivity contribution in [1.29, 1.82) is 0 Å². The Morgan fingerprint density at radius 1 is 1.00 bits per heavy atom. The third-order valence-electron chi connectivity index (χ3n) is 3.45. The molecular weight excluding hydrogens is 348 g/mol. The first-order valence-electron chi connectivity index (χ1n) is 8.41. The Bertz CT molecular complexity index is 811. The van der Waals surface area contributed by atoms with Crippen molar-refractivity contribution in [3.63, 3.8) is 0 Å². The van der Waals surface area contributed by atoms with Crippen LogP contribution in [0.15, 0.2) is 53.6 Å². The number of nitrogens with zero attached hydrogens (tertiary/aromatic N) is 1. The van der Waals surface area contributed by atoms with Crippen LogP contribution >= 0.6 is 0 Å². The van der Waals surface area contributed by atoms with Gasteiger partial charge in [0.15, 0.2) is 6.61 Å². The van der Waals surface area contributed by atoms with E-state index in [4.69, 9.17) is 14.6 Å². The van der Waals surface area contributed by atoms with Crippen LogP contribution in [0.4, 0.5) is 0 Å². The second-order valence-electron chi connectivity index (χ2n) is 6.04. The van der Waals surface area contributed by atoms with E-state index in [0.717, 1.165) is 5.56 Å². The molecule has 0 fully saturated rings. The van der Waals surface area contributed by atoms with Crippen LogP contribution in [0.5, 0.6) is 11.5 Å². The molecule has 142 valence electrons. The molecule has 0 heterocycles. The first kappa shape index (κ1) is 20.0. The normalized spacial score (nSPS) is 11.2. The number of amides is 1. The van der Waals surface area contributed by atoms with E-state index in [9.17, 15) is 9.59 Å². The summed E-state index contributed by atoms with van der Waals surface area (Å²) in [5.74, 6) is -0.219. The Morgan fingerprint density at radius 3 is 2.11 bits per heavy atom. The number of nitrogens with one attached hydrogen (secondary N) is 1. The Kier molecular flexibility index (Phi) is 6.93. The highest BCUT2D eigenvalue weighted by molar-refractivity contribution is 6.00. The van der Waals surface area contributed by atoms with Gasteiger partial charge in [-0.05, 0) is 74.9 Å². The van der Waals surface area contributed by atoms with Gasteiger partial charge < -0.3 is 14.6 Å². The molecule has 0 aromatic heterocycles. The number of carbonyl (C=O) groups is 2. The molecule has 0 aliphatic heterocycles. The molecule has 0 unspecified atom stereocenters. The number of hydrogen-bond acceptors (Lipinski definition) is 5. The first-order valence-corrected chi connectivity index (χ1v) is 8.41. The predicted octanol–water partition coefficient (Wildman–Crippen LogP) is 3.09. The Hall–Kier alpha value is -3.35. The number of rotatable bonds is 8. The molecule has 7 nitrogen and oxygen atoms in total. The summed E-state index contributed by atoms with van der Waals surface area (Å²) < 4.78 is 10.6. The smallest absolute Gasteiger partial charge is 0.341 e. The third kappa shape index (κ3) is 6.47. The molecule has 2 N–H and O–H groups in total. The van der Waals surface area contributed by atoms with Crippen LogP contribution in [-0.4, -0.2) is 35.4 Å². The van der Waals surface area contributed by atoms with Gasteiger partial charge in [0.2, 0.25) is 0 Å².